The van der Waals surface area contributed by atoms with Crippen LogP contribution in [-0.4, -0.2) is 28.8 Å². The number of alkyl halides is 3. The number of hydrogen-bond donors (Lipinski definition) is 1. The number of carboxylic acids is 1. The van der Waals surface area contributed by atoms with E-state index in [-0.39, 0.29) is 16.5 Å². The van der Waals surface area contributed by atoms with E-state index < -0.39 is 36.0 Å². The molecule has 0 bridgehead atoms. The molecule has 10 heteroatoms. The molecule has 0 saturated carbocycles. The van der Waals surface area contributed by atoms with E-state index in [0.717, 1.165) is 18.7 Å². The van der Waals surface area contributed by atoms with Gasteiger partial charge in [0, 0.05) is 11.6 Å². The average Bonchev–Trinajstić information content (AvgIpc) is 2.66. The van der Waals surface area contributed by atoms with Crippen LogP contribution in [0.2, 0.25) is 5.02 Å². The maximum absolute atomic E-state index is 14.9. The Hall–Kier alpha value is -2.81. The molecule has 1 aromatic heterocycles. The fourth-order valence-corrected chi connectivity index (χ4v) is 2.80. The third kappa shape index (κ3) is 5.85. The first kappa shape index (κ1) is 23.5. The molecule has 162 valence electrons. The number of unbranched alkanes of at least 4 members (excludes halogenated alkanes) is 1. The Morgan fingerprint density at radius 2 is 2.07 bits per heavy atom. The number of rotatable bonds is 9. The van der Waals surface area contributed by atoms with Gasteiger partial charge in [0.2, 0.25) is 5.88 Å². The minimum Gasteiger partial charge on any atom is -0.478 e. The molecule has 30 heavy (non-hydrogen) atoms. The average molecular weight is 448 g/mol. The van der Waals surface area contributed by atoms with E-state index in [1.54, 1.807) is 0 Å². The quantitative estimate of drug-likeness (QED) is 0.457. The van der Waals surface area contributed by atoms with Crippen molar-refractivity contribution < 1.29 is 36.9 Å². The summed E-state index contributed by atoms with van der Waals surface area (Å²) in [5, 5.41) is 8.99. The van der Waals surface area contributed by atoms with E-state index >= 15 is 0 Å². The molecule has 0 atom stereocenters. The summed E-state index contributed by atoms with van der Waals surface area (Å²) in [6.45, 7) is 3.98. The minimum absolute atomic E-state index is 0.103. The predicted molar refractivity (Wildman–Crippen MR) is 103 cm³/mol. The summed E-state index contributed by atoms with van der Waals surface area (Å²) in [5.41, 5.74) is 0.189. The highest BCUT2D eigenvalue weighted by atomic mass is 35.5. The van der Waals surface area contributed by atoms with Crippen LogP contribution in [0.3, 0.4) is 0 Å². The van der Waals surface area contributed by atoms with Gasteiger partial charge in [0.15, 0.2) is 18.2 Å². The van der Waals surface area contributed by atoms with Gasteiger partial charge >= 0.3 is 12.1 Å². The topological polar surface area (TPSA) is 68.7 Å². The van der Waals surface area contributed by atoms with Crippen molar-refractivity contribution in [1.29, 1.82) is 0 Å². The SMILES string of the molecule is C=Cc1cc(C(=O)O)c(F)c(Oc2cnc(OCC(F)(F)F)c(Cl)c2)c1CCCC. The van der Waals surface area contributed by atoms with Gasteiger partial charge in [-0.1, -0.05) is 37.6 Å². The zero-order chi connectivity index (χ0) is 22.5. The second-order valence-electron chi connectivity index (χ2n) is 6.21. The Kier molecular flexibility index (Phi) is 7.66. The van der Waals surface area contributed by atoms with Crippen LogP contribution in [0.4, 0.5) is 17.6 Å². The van der Waals surface area contributed by atoms with Crippen molar-refractivity contribution in [2.75, 3.05) is 6.61 Å². The van der Waals surface area contributed by atoms with Crippen molar-refractivity contribution in [2.45, 2.75) is 32.4 Å². The number of pyridine rings is 1. The Labute approximate surface area is 174 Å². The van der Waals surface area contributed by atoms with Gasteiger partial charge in [0.25, 0.3) is 0 Å². The van der Waals surface area contributed by atoms with Crippen molar-refractivity contribution in [1.82, 2.24) is 4.98 Å². The number of nitrogens with zero attached hydrogens (tertiary/aromatic N) is 1. The summed E-state index contributed by atoms with van der Waals surface area (Å²) < 4.78 is 61.8. The molecule has 0 unspecified atom stereocenters. The monoisotopic (exact) mass is 447 g/mol. The third-order valence-electron chi connectivity index (χ3n) is 3.96. The maximum Gasteiger partial charge on any atom is 0.422 e. The number of ether oxygens (including phenoxy) is 2. The molecule has 0 saturated heterocycles. The lowest BCUT2D eigenvalue weighted by Crippen LogP contribution is -2.19. The number of aromatic carboxylic acids is 1. The number of halogens is 5. The van der Waals surface area contributed by atoms with E-state index in [4.69, 9.17) is 16.3 Å². The van der Waals surface area contributed by atoms with Crippen LogP contribution in [0.15, 0.2) is 24.9 Å². The fourth-order valence-electron chi connectivity index (χ4n) is 2.59. The predicted octanol–water partition coefficient (Wildman–Crippen LogP) is 6.29. The zero-order valence-corrected chi connectivity index (χ0v) is 16.6. The number of benzene rings is 1. The van der Waals surface area contributed by atoms with E-state index in [9.17, 15) is 27.5 Å². The van der Waals surface area contributed by atoms with E-state index in [0.29, 0.717) is 24.0 Å². The summed E-state index contributed by atoms with van der Waals surface area (Å²) in [4.78, 5) is 15.1. The molecule has 1 aromatic carbocycles. The highest BCUT2D eigenvalue weighted by molar-refractivity contribution is 6.31. The van der Waals surface area contributed by atoms with E-state index in [2.05, 4.69) is 16.3 Å². The second-order valence-corrected chi connectivity index (χ2v) is 6.62. The summed E-state index contributed by atoms with van der Waals surface area (Å²) in [7, 11) is 0. The molecule has 0 radical (unpaired) electrons. The lowest BCUT2D eigenvalue weighted by molar-refractivity contribution is -0.154. The first-order valence-electron chi connectivity index (χ1n) is 8.81. The van der Waals surface area contributed by atoms with Gasteiger partial charge in [0.1, 0.15) is 10.8 Å². The van der Waals surface area contributed by atoms with Gasteiger partial charge in [-0.05, 0) is 24.5 Å². The van der Waals surface area contributed by atoms with Gasteiger partial charge in [-0.3, -0.25) is 0 Å². The molecule has 1 N–H and O–H groups in total. The Morgan fingerprint density at radius 3 is 2.60 bits per heavy atom. The fraction of sp³-hybridized carbons (Fsp3) is 0.300. The molecule has 0 fully saturated rings. The van der Waals surface area contributed by atoms with Crippen molar-refractivity contribution in [3.05, 3.63) is 52.4 Å². The first-order chi connectivity index (χ1) is 14.1. The zero-order valence-electron chi connectivity index (χ0n) is 15.9. The summed E-state index contributed by atoms with van der Waals surface area (Å²) in [6, 6.07) is 2.27. The second kappa shape index (κ2) is 9.80. The number of aromatic nitrogens is 1. The molecular formula is C20H18ClF4NO4. The molecule has 5 nitrogen and oxygen atoms in total. The minimum atomic E-state index is -4.57. The van der Waals surface area contributed by atoms with Crippen LogP contribution in [0.5, 0.6) is 17.4 Å². The van der Waals surface area contributed by atoms with E-state index in [1.807, 2.05) is 6.92 Å². The Morgan fingerprint density at radius 1 is 1.37 bits per heavy atom. The van der Waals surface area contributed by atoms with Gasteiger partial charge in [0.05, 0.1) is 11.8 Å². The summed E-state index contributed by atoms with van der Waals surface area (Å²) in [5.74, 6) is -3.49. The molecule has 2 aromatic rings. The van der Waals surface area contributed by atoms with E-state index in [1.165, 1.54) is 12.1 Å². The molecule has 1 heterocycles. The van der Waals surface area contributed by atoms with Gasteiger partial charge in [-0.25, -0.2) is 14.2 Å². The molecule has 2 rings (SSSR count). The Balaban J connectivity index is 2.45. The number of carbonyl (C=O) groups is 1. The van der Waals surface area contributed by atoms with Crippen LogP contribution in [-0.2, 0) is 6.42 Å². The van der Waals surface area contributed by atoms with Gasteiger partial charge < -0.3 is 14.6 Å². The van der Waals surface area contributed by atoms with Crippen LogP contribution in [0.25, 0.3) is 6.08 Å². The normalized spacial score (nSPS) is 11.3. The molecule has 0 aliphatic rings. The van der Waals surface area contributed by atoms with Crippen LogP contribution >= 0.6 is 11.6 Å². The lowest BCUT2D eigenvalue weighted by atomic mass is 9.97. The van der Waals surface area contributed by atoms with Crippen molar-refractivity contribution in [3.8, 4) is 17.4 Å². The molecule has 0 aliphatic carbocycles. The third-order valence-corrected chi connectivity index (χ3v) is 4.23. The molecule has 0 amide bonds. The standard InChI is InChI=1S/C20H18ClF4NO4/c1-3-5-6-13-11(4-2)7-14(19(27)28)16(22)17(13)30-12-8-15(21)18(26-9-12)29-10-20(23,24)25/h4,7-9H,2-3,5-6,10H2,1H3,(H,27,28). The molecule has 0 spiro atoms. The van der Waals surface area contributed by atoms with Crippen LogP contribution in [0.1, 0.15) is 41.3 Å². The number of hydrogen-bond acceptors (Lipinski definition) is 4. The summed E-state index contributed by atoms with van der Waals surface area (Å²) in [6.07, 6.45) is -0.332. The van der Waals surface area contributed by atoms with Gasteiger partial charge in [-0.15, -0.1) is 0 Å². The largest absolute Gasteiger partial charge is 0.478 e. The number of carboxylic acid groups (broad SMARTS) is 1. The molecule has 0 aliphatic heterocycles. The highest BCUT2D eigenvalue weighted by Crippen LogP contribution is 2.37. The van der Waals surface area contributed by atoms with Crippen molar-refractivity contribution >= 4 is 23.6 Å². The lowest BCUT2D eigenvalue weighted by Gasteiger charge is -2.17. The van der Waals surface area contributed by atoms with Crippen molar-refractivity contribution in [2.24, 2.45) is 0 Å². The first-order valence-corrected chi connectivity index (χ1v) is 9.19. The highest BCUT2D eigenvalue weighted by Gasteiger charge is 2.29. The van der Waals surface area contributed by atoms with Crippen LogP contribution in [0, 0.1) is 5.82 Å². The maximum atomic E-state index is 14.9. The summed E-state index contributed by atoms with van der Waals surface area (Å²) >= 11 is 5.89. The smallest absolute Gasteiger partial charge is 0.422 e. The van der Waals surface area contributed by atoms with Gasteiger partial charge in [-0.2, -0.15) is 13.2 Å². The van der Waals surface area contributed by atoms with Crippen molar-refractivity contribution in [3.63, 3.8) is 0 Å². The van der Waals surface area contributed by atoms with Crippen LogP contribution < -0.4 is 9.47 Å². The Bertz CT molecular complexity index is 947. The molecular weight excluding hydrogens is 430 g/mol.